The molecule has 4 aromatic rings. The standard InChI is InChI=1S/C41H48ClN9O4/c1-26-5-12-33-37(15-13-35-39(33)45-25-44-35)51(26)41(53)55-31-4-2-3-27(21-31)24-49-17-19-50(20-18-49)38-16-14-36(47-48-38)40(52)46-29-7-10-30(11-8-29)54-32-9-6-28(23-43)34(42)22-32/h6,9,13-16,22,25-27,29-31H,2-5,7-8,10-12,17-21,24H2,1H3,(H,44,45)(H,46,52)/t26?,27-,29?,30?,31-/m0/s1. The van der Waals surface area contributed by atoms with Gasteiger partial charge in [-0.15, -0.1) is 10.2 Å². The van der Waals surface area contributed by atoms with Gasteiger partial charge in [0.25, 0.3) is 5.91 Å². The Hall–Kier alpha value is -4.93. The first-order valence-corrected chi connectivity index (χ1v) is 20.1. The van der Waals surface area contributed by atoms with Crippen molar-refractivity contribution in [3.05, 3.63) is 70.6 Å². The van der Waals surface area contributed by atoms with Crippen LogP contribution in [0.15, 0.2) is 48.8 Å². The number of aromatic nitrogens is 4. The molecule has 13 nitrogen and oxygen atoms in total. The number of carbonyl (C=O) groups excluding carboxylic acids is 2. The third-order valence-electron chi connectivity index (χ3n) is 11.9. The number of halogens is 1. The molecule has 3 fully saturated rings. The number of aryl methyl sites for hydroxylation is 1. The third-order valence-corrected chi connectivity index (χ3v) is 12.2. The number of fused-ring (bicyclic) bond motifs is 3. The normalized spacial score (nSPS) is 24.5. The largest absolute Gasteiger partial charge is 0.490 e. The highest BCUT2D eigenvalue weighted by atomic mass is 35.5. The summed E-state index contributed by atoms with van der Waals surface area (Å²) in [6.07, 6.45) is 10.4. The van der Waals surface area contributed by atoms with Gasteiger partial charge in [0.05, 0.1) is 39.7 Å². The minimum atomic E-state index is -0.242. The van der Waals surface area contributed by atoms with Crippen LogP contribution in [0.4, 0.5) is 16.3 Å². The van der Waals surface area contributed by atoms with Gasteiger partial charge >= 0.3 is 6.09 Å². The number of rotatable bonds is 8. The summed E-state index contributed by atoms with van der Waals surface area (Å²) in [6.45, 7) is 6.59. The predicted octanol–water partition coefficient (Wildman–Crippen LogP) is 6.66. The average Bonchev–Trinajstić information content (AvgIpc) is 3.69. The minimum absolute atomic E-state index is 0.0315. The molecule has 8 rings (SSSR count). The molecule has 0 spiro atoms. The number of amides is 2. The minimum Gasteiger partial charge on any atom is -0.490 e. The number of aromatic amines is 1. The Labute approximate surface area is 326 Å². The van der Waals surface area contributed by atoms with E-state index in [0.717, 1.165) is 125 Å². The van der Waals surface area contributed by atoms with Gasteiger partial charge in [0, 0.05) is 56.4 Å². The second kappa shape index (κ2) is 16.4. The fraction of sp³-hybridized carbons (Fsp3) is 0.512. The number of carbonyl (C=O) groups is 2. The maximum Gasteiger partial charge on any atom is 0.414 e. The topological polar surface area (TPSA) is 153 Å². The lowest BCUT2D eigenvalue weighted by atomic mass is 9.86. The zero-order valence-corrected chi connectivity index (χ0v) is 32.0. The molecular formula is C41H48ClN9O4. The maximum absolute atomic E-state index is 13.6. The van der Waals surface area contributed by atoms with Gasteiger partial charge in [-0.3, -0.25) is 14.6 Å². The van der Waals surface area contributed by atoms with E-state index >= 15 is 0 Å². The van der Waals surface area contributed by atoms with Crippen LogP contribution in [-0.2, 0) is 11.2 Å². The monoisotopic (exact) mass is 765 g/mol. The molecule has 2 amide bonds. The van der Waals surface area contributed by atoms with Crippen molar-refractivity contribution in [2.24, 2.45) is 5.92 Å². The SMILES string of the molecule is CC1CCc2c(ccc3[nH]cnc23)N1C(=O)O[C@H]1CCC[C@H](CN2CCN(c3ccc(C(=O)NC4CCC(Oc5ccc(C#N)c(Cl)c5)CC4)nn3)CC2)C1. The van der Waals surface area contributed by atoms with E-state index in [-0.39, 0.29) is 36.3 Å². The second-order valence-corrected chi connectivity index (χ2v) is 15.9. The van der Waals surface area contributed by atoms with Crippen molar-refractivity contribution in [3.8, 4) is 11.8 Å². The third kappa shape index (κ3) is 8.36. The van der Waals surface area contributed by atoms with E-state index in [1.54, 1.807) is 30.6 Å². The molecule has 2 N–H and O–H groups in total. The number of nitrogens with one attached hydrogen (secondary N) is 2. The molecule has 4 heterocycles. The Morgan fingerprint density at radius 1 is 0.982 bits per heavy atom. The number of ether oxygens (including phenoxy) is 2. The Morgan fingerprint density at radius 2 is 1.82 bits per heavy atom. The summed E-state index contributed by atoms with van der Waals surface area (Å²) in [7, 11) is 0. The Kier molecular flexibility index (Phi) is 11.1. The van der Waals surface area contributed by atoms with Crippen molar-refractivity contribution >= 4 is 46.1 Å². The lowest BCUT2D eigenvalue weighted by molar-refractivity contribution is 0.0536. The van der Waals surface area contributed by atoms with E-state index in [9.17, 15) is 9.59 Å². The molecule has 2 saturated carbocycles. The van der Waals surface area contributed by atoms with Crippen LogP contribution in [0.25, 0.3) is 11.0 Å². The molecule has 4 aliphatic rings. The van der Waals surface area contributed by atoms with Crippen LogP contribution >= 0.6 is 11.6 Å². The van der Waals surface area contributed by atoms with Crippen molar-refractivity contribution < 1.29 is 19.1 Å². The Morgan fingerprint density at radius 3 is 2.58 bits per heavy atom. The summed E-state index contributed by atoms with van der Waals surface area (Å²) >= 11 is 6.15. The first-order chi connectivity index (χ1) is 26.8. The van der Waals surface area contributed by atoms with Crippen LogP contribution in [0.3, 0.4) is 0 Å². The van der Waals surface area contributed by atoms with Gasteiger partial charge in [0.15, 0.2) is 11.5 Å². The molecule has 2 aliphatic carbocycles. The van der Waals surface area contributed by atoms with Crippen molar-refractivity contribution in [1.82, 2.24) is 30.4 Å². The molecule has 55 heavy (non-hydrogen) atoms. The van der Waals surface area contributed by atoms with Crippen LogP contribution < -0.4 is 19.9 Å². The van der Waals surface area contributed by atoms with Gasteiger partial charge in [-0.25, -0.2) is 9.78 Å². The number of benzene rings is 2. The highest BCUT2D eigenvalue weighted by molar-refractivity contribution is 6.31. The van der Waals surface area contributed by atoms with Crippen molar-refractivity contribution in [2.75, 3.05) is 42.5 Å². The zero-order valence-electron chi connectivity index (χ0n) is 31.3. The number of H-pyrrole nitrogens is 1. The summed E-state index contributed by atoms with van der Waals surface area (Å²) in [5.41, 5.74) is 4.72. The first-order valence-electron chi connectivity index (χ1n) is 19.7. The summed E-state index contributed by atoms with van der Waals surface area (Å²) < 4.78 is 12.3. The average molecular weight is 766 g/mol. The fourth-order valence-electron chi connectivity index (χ4n) is 8.82. The summed E-state index contributed by atoms with van der Waals surface area (Å²) in [6, 6.07) is 15.0. The lowest BCUT2D eigenvalue weighted by Crippen LogP contribution is -2.49. The van der Waals surface area contributed by atoms with Gasteiger partial charge in [-0.2, -0.15) is 5.26 Å². The van der Waals surface area contributed by atoms with E-state index in [0.29, 0.717) is 27.9 Å². The molecule has 288 valence electrons. The van der Waals surface area contributed by atoms with Crippen molar-refractivity contribution in [3.63, 3.8) is 0 Å². The van der Waals surface area contributed by atoms with Crippen LogP contribution in [0.1, 0.15) is 86.3 Å². The summed E-state index contributed by atoms with van der Waals surface area (Å²) in [5.74, 6) is 1.70. The van der Waals surface area contributed by atoms with Gasteiger partial charge in [-0.1, -0.05) is 11.6 Å². The van der Waals surface area contributed by atoms with Crippen LogP contribution in [-0.4, -0.2) is 94.1 Å². The number of hydrogen-bond donors (Lipinski definition) is 2. The number of anilines is 2. The predicted molar refractivity (Wildman–Crippen MR) is 210 cm³/mol. The van der Waals surface area contributed by atoms with Gasteiger partial charge < -0.3 is 24.7 Å². The van der Waals surface area contributed by atoms with E-state index in [2.05, 4.69) is 48.3 Å². The molecule has 1 unspecified atom stereocenters. The Bertz CT molecular complexity index is 2040. The summed E-state index contributed by atoms with van der Waals surface area (Å²) in [4.78, 5) is 40.9. The zero-order chi connectivity index (χ0) is 37.9. The molecule has 2 aromatic carbocycles. The molecule has 2 aromatic heterocycles. The Balaban J connectivity index is 0.765. The smallest absolute Gasteiger partial charge is 0.414 e. The van der Waals surface area contributed by atoms with Crippen molar-refractivity contribution in [1.29, 1.82) is 5.26 Å². The molecule has 0 bridgehead atoms. The molecule has 2 aliphatic heterocycles. The van der Waals surface area contributed by atoms with Gasteiger partial charge in [-0.05, 0) is 113 Å². The summed E-state index contributed by atoms with van der Waals surface area (Å²) in [5, 5.41) is 21.3. The van der Waals surface area contributed by atoms with Gasteiger partial charge in [0.2, 0.25) is 0 Å². The van der Waals surface area contributed by atoms with E-state index < -0.39 is 0 Å². The lowest BCUT2D eigenvalue weighted by Gasteiger charge is -2.39. The quantitative estimate of drug-likeness (QED) is 0.199. The molecular weight excluding hydrogens is 718 g/mol. The molecule has 14 heteroatoms. The second-order valence-electron chi connectivity index (χ2n) is 15.5. The molecule has 3 atom stereocenters. The fourth-order valence-corrected chi connectivity index (χ4v) is 9.03. The number of nitrogens with zero attached hydrogens (tertiary/aromatic N) is 7. The highest BCUT2D eigenvalue weighted by Gasteiger charge is 2.34. The van der Waals surface area contributed by atoms with E-state index in [4.69, 9.17) is 26.3 Å². The number of nitriles is 1. The number of piperazine rings is 1. The van der Waals surface area contributed by atoms with Crippen molar-refractivity contribution in [2.45, 2.75) is 95.4 Å². The maximum atomic E-state index is 13.6. The van der Waals surface area contributed by atoms with Crippen LogP contribution in [0.5, 0.6) is 5.75 Å². The van der Waals surface area contributed by atoms with E-state index in [1.807, 2.05) is 23.1 Å². The number of hydrogen-bond acceptors (Lipinski definition) is 10. The van der Waals surface area contributed by atoms with Crippen LogP contribution in [0.2, 0.25) is 5.02 Å². The highest BCUT2D eigenvalue weighted by Crippen LogP contribution is 2.36. The molecule has 1 saturated heterocycles. The number of imidazole rings is 1. The van der Waals surface area contributed by atoms with E-state index in [1.165, 1.54) is 0 Å². The molecule has 0 radical (unpaired) electrons. The first kappa shape index (κ1) is 37.0. The van der Waals surface area contributed by atoms with Crippen LogP contribution in [0, 0.1) is 17.2 Å². The van der Waals surface area contributed by atoms with Gasteiger partial charge in [0.1, 0.15) is 17.9 Å².